The smallest absolute Gasteiger partial charge is 0.258 e. The number of hydrogen-bond acceptors (Lipinski definition) is 4. The zero-order valence-electron chi connectivity index (χ0n) is 8.15. The van der Waals surface area contributed by atoms with E-state index in [1.165, 1.54) is 18.5 Å². The van der Waals surface area contributed by atoms with Crippen LogP contribution in [0.5, 0.6) is 11.5 Å². The Hall–Kier alpha value is -2.04. The van der Waals surface area contributed by atoms with Crippen LogP contribution in [-0.4, -0.2) is 21.7 Å². The number of aromatic hydroxyl groups is 1. The lowest BCUT2D eigenvalue weighted by molar-refractivity contribution is 0.319. The Morgan fingerprint density at radius 1 is 1.53 bits per heavy atom. The average Bonchev–Trinajstić information content (AvgIpc) is 2.21. The summed E-state index contributed by atoms with van der Waals surface area (Å²) in [6, 6.07) is 2.90. The third-order valence-electron chi connectivity index (χ3n) is 2.02. The van der Waals surface area contributed by atoms with E-state index in [0.717, 1.165) is 0 Å². The number of nitrogens with one attached hydrogen (secondary N) is 1. The summed E-state index contributed by atoms with van der Waals surface area (Å²) in [4.78, 5) is 17.8. The zero-order valence-corrected chi connectivity index (χ0v) is 8.15. The van der Waals surface area contributed by atoms with Crippen molar-refractivity contribution in [2.75, 3.05) is 6.61 Å². The second-order valence-corrected chi connectivity index (χ2v) is 3.00. The fourth-order valence-corrected chi connectivity index (χ4v) is 1.36. The van der Waals surface area contributed by atoms with Gasteiger partial charge < -0.3 is 14.8 Å². The van der Waals surface area contributed by atoms with Crippen LogP contribution in [0.1, 0.15) is 6.92 Å². The van der Waals surface area contributed by atoms with Crippen molar-refractivity contribution < 1.29 is 9.84 Å². The van der Waals surface area contributed by atoms with Gasteiger partial charge in [0.05, 0.1) is 23.8 Å². The normalized spacial score (nSPS) is 10.5. The summed E-state index contributed by atoms with van der Waals surface area (Å²) in [5.41, 5.74) is 0.195. The molecular formula is C10H10N2O3. The molecular weight excluding hydrogens is 196 g/mol. The lowest BCUT2D eigenvalue weighted by Crippen LogP contribution is -2.06. The van der Waals surface area contributed by atoms with Crippen molar-refractivity contribution >= 4 is 10.9 Å². The standard InChI is InChI=1S/C10H10N2O3/c1-2-15-9-3-6-7(4-8(9)13)11-5-12-10(6)14/h3-5,13H,2H2,1H3,(H,11,12,14). The molecule has 78 valence electrons. The van der Waals surface area contributed by atoms with Gasteiger partial charge in [0, 0.05) is 6.07 Å². The van der Waals surface area contributed by atoms with Gasteiger partial charge in [0.1, 0.15) is 0 Å². The third-order valence-corrected chi connectivity index (χ3v) is 2.02. The molecule has 0 atom stereocenters. The third kappa shape index (κ3) is 1.63. The molecule has 2 aromatic rings. The minimum absolute atomic E-state index is 0.0116. The fourth-order valence-electron chi connectivity index (χ4n) is 1.36. The number of nitrogens with zero attached hydrogens (tertiary/aromatic N) is 1. The number of benzene rings is 1. The lowest BCUT2D eigenvalue weighted by atomic mass is 10.2. The highest BCUT2D eigenvalue weighted by Crippen LogP contribution is 2.28. The molecule has 0 aliphatic heterocycles. The van der Waals surface area contributed by atoms with E-state index in [2.05, 4.69) is 9.97 Å². The first-order valence-electron chi connectivity index (χ1n) is 4.55. The van der Waals surface area contributed by atoms with Crippen molar-refractivity contribution in [1.82, 2.24) is 9.97 Å². The van der Waals surface area contributed by atoms with Crippen molar-refractivity contribution in [1.29, 1.82) is 0 Å². The van der Waals surface area contributed by atoms with Gasteiger partial charge in [-0.25, -0.2) is 4.98 Å². The number of aromatic amines is 1. The summed E-state index contributed by atoms with van der Waals surface area (Å²) in [5, 5.41) is 9.95. The maximum absolute atomic E-state index is 11.4. The first-order valence-corrected chi connectivity index (χ1v) is 4.55. The SMILES string of the molecule is CCOc1cc2c(=O)[nH]cnc2cc1O. The van der Waals surface area contributed by atoms with Gasteiger partial charge in [-0.05, 0) is 13.0 Å². The summed E-state index contributed by atoms with van der Waals surface area (Å²) >= 11 is 0. The van der Waals surface area contributed by atoms with Gasteiger partial charge in [0.2, 0.25) is 0 Å². The molecule has 2 rings (SSSR count). The van der Waals surface area contributed by atoms with E-state index < -0.39 is 0 Å². The molecule has 0 saturated heterocycles. The maximum atomic E-state index is 11.4. The molecule has 0 bridgehead atoms. The van der Waals surface area contributed by atoms with Gasteiger partial charge in [0.15, 0.2) is 11.5 Å². The fraction of sp³-hybridized carbons (Fsp3) is 0.200. The number of H-pyrrole nitrogens is 1. The van der Waals surface area contributed by atoms with Crippen LogP contribution in [0, 0.1) is 0 Å². The molecule has 1 aromatic carbocycles. The van der Waals surface area contributed by atoms with Gasteiger partial charge >= 0.3 is 0 Å². The molecule has 0 spiro atoms. The van der Waals surface area contributed by atoms with Crippen LogP contribution in [0.15, 0.2) is 23.3 Å². The van der Waals surface area contributed by atoms with Crippen LogP contribution in [-0.2, 0) is 0 Å². The number of ether oxygens (including phenoxy) is 1. The summed E-state index contributed by atoms with van der Waals surface area (Å²) in [6.45, 7) is 2.23. The van der Waals surface area contributed by atoms with Gasteiger partial charge in [-0.15, -0.1) is 0 Å². The van der Waals surface area contributed by atoms with E-state index in [1.807, 2.05) is 0 Å². The molecule has 0 amide bonds. The molecule has 0 saturated carbocycles. The molecule has 2 N–H and O–H groups in total. The highest BCUT2D eigenvalue weighted by Gasteiger charge is 2.07. The largest absolute Gasteiger partial charge is 0.504 e. The Balaban J connectivity index is 2.72. The Morgan fingerprint density at radius 3 is 3.07 bits per heavy atom. The first-order chi connectivity index (χ1) is 7.22. The van der Waals surface area contributed by atoms with E-state index in [0.29, 0.717) is 23.3 Å². The Kier molecular flexibility index (Phi) is 2.29. The number of aromatic nitrogens is 2. The Morgan fingerprint density at radius 2 is 2.33 bits per heavy atom. The first kappa shape index (κ1) is 9.51. The molecule has 5 heteroatoms. The summed E-state index contributed by atoms with van der Waals surface area (Å²) < 4.78 is 5.17. The molecule has 1 aromatic heterocycles. The van der Waals surface area contributed by atoms with Crippen molar-refractivity contribution in [2.24, 2.45) is 0 Å². The number of phenols is 1. The summed E-state index contributed by atoms with van der Waals surface area (Å²) in [6.07, 6.45) is 1.30. The number of hydrogen-bond donors (Lipinski definition) is 2. The summed E-state index contributed by atoms with van der Waals surface area (Å²) in [7, 11) is 0. The van der Waals surface area contributed by atoms with E-state index in [9.17, 15) is 9.90 Å². The maximum Gasteiger partial charge on any atom is 0.258 e. The van der Waals surface area contributed by atoms with Crippen LogP contribution in [0.2, 0.25) is 0 Å². The van der Waals surface area contributed by atoms with E-state index in [-0.39, 0.29) is 11.3 Å². The molecule has 15 heavy (non-hydrogen) atoms. The van der Waals surface area contributed by atoms with E-state index in [4.69, 9.17) is 4.74 Å². The molecule has 0 fully saturated rings. The highest BCUT2D eigenvalue weighted by molar-refractivity contribution is 5.81. The predicted molar refractivity (Wildman–Crippen MR) is 55.2 cm³/mol. The number of phenolic OH excluding ortho intramolecular Hbond substituents is 1. The van der Waals surface area contributed by atoms with Crippen LogP contribution in [0.4, 0.5) is 0 Å². The van der Waals surface area contributed by atoms with E-state index in [1.54, 1.807) is 6.92 Å². The lowest BCUT2D eigenvalue weighted by Gasteiger charge is -2.06. The second-order valence-electron chi connectivity index (χ2n) is 3.00. The van der Waals surface area contributed by atoms with Gasteiger partial charge in [-0.2, -0.15) is 0 Å². The molecule has 0 aliphatic rings. The minimum atomic E-state index is -0.249. The Labute approximate surface area is 85.4 Å². The minimum Gasteiger partial charge on any atom is -0.504 e. The van der Waals surface area contributed by atoms with Crippen LogP contribution in [0.3, 0.4) is 0 Å². The van der Waals surface area contributed by atoms with Gasteiger partial charge in [-0.1, -0.05) is 0 Å². The monoisotopic (exact) mass is 206 g/mol. The molecule has 0 aliphatic carbocycles. The van der Waals surface area contributed by atoms with E-state index >= 15 is 0 Å². The number of rotatable bonds is 2. The van der Waals surface area contributed by atoms with Gasteiger partial charge in [-0.3, -0.25) is 4.79 Å². The van der Waals surface area contributed by atoms with Crippen molar-refractivity contribution in [3.8, 4) is 11.5 Å². The van der Waals surface area contributed by atoms with Crippen LogP contribution < -0.4 is 10.3 Å². The molecule has 1 heterocycles. The molecule has 0 radical (unpaired) electrons. The summed E-state index contributed by atoms with van der Waals surface area (Å²) in [5.74, 6) is 0.283. The van der Waals surface area contributed by atoms with Crippen LogP contribution in [0.25, 0.3) is 10.9 Å². The zero-order chi connectivity index (χ0) is 10.8. The van der Waals surface area contributed by atoms with Crippen molar-refractivity contribution in [3.63, 3.8) is 0 Å². The predicted octanol–water partition coefficient (Wildman–Crippen LogP) is 1.03. The Bertz CT molecular complexity index is 548. The van der Waals surface area contributed by atoms with Crippen molar-refractivity contribution in [2.45, 2.75) is 6.92 Å². The highest BCUT2D eigenvalue weighted by atomic mass is 16.5. The quantitative estimate of drug-likeness (QED) is 0.769. The topological polar surface area (TPSA) is 75.2 Å². The van der Waals surface area contributed by atoms with Gasteiger partial charge in [0.25, 0.3) is 5.56 Å². The van der Waals surface area contributed by atoms with Crippen molar-refractivity contribution in [3.05, 3.63) is 28.8 Å². The average molecular weight is 206 g/mol. The number of fused-ring (bicyclic) bond motifs is 1. The van der Waals surface area contributed by atoms with Crippen LogP contribution >= 0.6 is 0 Å². The molecule has 0 unspecified atom stereocenters. The molecule has 5 nitrogen and oxygen atoms in total. The second kappa shape index (κ2) is 3.61.